The fourth-order valence-electron chi connectivity index (χ4n) is 1.87. The van der Waals surface area contributed by atoms with Crippen LogP contribution in [0, 0.1) is 6.92 Å². The fourth-order valence-corrected chi connectivity index (χ4v) is 3.02. The second kappa shape index (κ2) is 6.66. The molecule has 0 saturated carbocycles. The molecule has 19 heavy (non-hydrogen) atoms. The van der Waals surface area contributed by atoms with Crippen molar-refractivity contribution in [2.45, 2.75) is 26.3 Å². The van der Waals surface area contributed by atoms with Crippen LogP contribution < -0.4 is 5.32 Å². The minimum atomic E-state index is -0.00819. The van der Waals surface area contributed by atoms with Gasteiger partial charge in [0.15, 0.2) is 0 Å². The lowest BCUT2D eigenvalue weighted by molar-refractivity contribution is 0.603. The van der Waals surface area contributed by atoms with Gasteiger partial charge >= 0.3 is 0 Å². The fraction of sp³-hybridized carbons (Fsp3) is 0.385. The molecule has 0 radical (unpaired) electrons. The Morgan fingerprint density at radius 2 is 2.16 bits per heavy atom. The summed E-state index contributed by atoms with van der Waals surface area (Å²) >= 11 is 13.8. The first-order valence-corrected chi connectivity index (χ1v) is 7.63. The zero-order valence-electron chi connectivity index (χ0n) is 10.8. The Balaban J connectivity index is 2.42. The summed E-state index contributed by atoms with van der Waals surface area (Å²) in [5.74, 6) is 0. The Kier molecular flexibility index (Phi) is 5.16. The van der Waals surface area contributed by atoms with Gasteiger partial charge < -0.3 is 5.32 Å². The smallest absolute Gasteiger partial charge is 0.0776 e. The van der Waals surface area contributed by atoms with Crippen molar-refractivity contribution in [3.05, 3.63) is 44.4 Å². The van der Waals surface area contributed by atoms with Gasteiger partial charge in [0.2, 0.25) is 0 Å². The summed E-state index contributed by atoms with van der Waals surface area (Å²) < 4.78 is 4.00. The van der Waals surface area contributed by atoms with Gasteiger partial charge in [-0.3, -0.25) is 0 Å². The lowest BCUT2D eigenvalue weighted by Crippen LogP contribution is -2.23. The number of benzene rings is 1. The summed E-state index contributed by atoms with van der Waals surface area (Å²) in [5.41, 5.74) is 1.89. The molecule has 0 aliphatic rings. The molecule has 0 aliphatic heterocycles. The van der Waals surface area contributed by atoms with Crippen LogP contribution in [0.1, 0.15) is 35.5 Å². The predicted molar refractivity (Wildman–Crippen MR) is 81.2 cm³/mol. The Hall–Kier alpha value is -0.680. The molecule has 0 bridgehead atoms. The van der Waals surface area contributed by atoms with E-state index in [0.717, 1.165) is 29.1 Å². The quantitative estimate of drug-likeness (QED) is 0.896. The van der Waals surface area contributed by atoms with Gasteiger partial charge in [-0.25, -0.2) is 0 Å². The molecular weight excluding hydrogens is 301 g/mol. The number of aromatic nitrogens is 2. The van der Waals surface area contributed by atoms with E-state index >= 15 is 0 Å². The zero-order valence-corrected chi connectivity index (χ0v) is 13.1. The number of hydrogen-bond acceptors (Lipinski definition) is 4. The van der Waals surface area contributed by atoms with E-state index in [1.54, 1.807) is 6.07 Å². The van der Waals surface area contributed by atoms with Crippen molar-refractivity contribution >= 4 is 34.7 Å². The average molecular weight is 316 g/mol. The molecule has 2 aromatic rings. The van der Waals surface area contributed by atoms with E-state index in [1.807, 2.05) is 19.1 Å². The van der Waals surface area contributed by atoms with Crippen LogP contribution in [-0.4, -0.2) is 16.1 Å². The highest BCUT2D eigenvalue weighted by Crippen LogP contribution is 2.33. The van der Waals surface area contributed by atoms with Crippen molar-refractivity contribution in [1.82, 2.24) is 14.9 Å². The highest BCUT2D eigenvalue weighted by Gasteiger charge is 2.21. The van der Waals surface area contributed by atoms with Crippen molar-refractivity contribution in [2.24, 2.45) is 0 Å². The van der Waals surface area contributed by atoms with Crippen LogP contribution in [0.2, 0.25) is 10.0 Å². The Labute approximate surface area is 127 Å². The van der Waals surface area contributed by atoms with Crippen molar-refractivity contribution in [1.29, 1.82) is 0 Å². The first kappa shape index (κ1) is 14.7. The lowest BCUT2D eigenvalue weighted by Gasteiger charge is -2.19. The first-order chi connectivity index (χ1) is 9.13. The van der Waals surface area contributed by atoms with Crippen molar-refractivity contribution in [3.8, 4) is 0 Å². The van der Waals surface area contributed by atoms with E-state index in [1.165, 1.54) is 11.5 Å². The average Bonchev–Trinajstić information content (AvgIpc) is 2.80. The molecule has 1 N–H and O–H groups in total. The first-order valence-electron chi connectivity index (χ1n) is 6.10. The number of aryl methyl sites for hydroxylation is 1. The summed E-state index contributed by atoms with van der Waals surface area (Å²) in [7, 11) is 0. The second-order valence-electron chi connectivity index (χ2n) is 4.28. The highest BCUT2D eigenvalue weighted by molar-refractivity contribution is 7.05. The van der Waals surface area contributed by atoms with Crippen LogP contribution in [0.15, 0.2) is 18.2 Å². The van der Waals surface area contributed by atoms with Crippen molar-refractivity contribution in [2.75, 3.05) is 6.54 Å². The molecule has 1 aromatic heterocycles. The number of halogens is 2. The molecular formula is C13H15Cl2N3S. The molecule has 2 rings (SSSR count). The summed E-state index contributed by atoms with van der Waals surface area (Å²) in [6, 6.07) is 5.51. The molecule has 1 unspecified atom stereocenters. The minimum Gasteiger partial charge on any atom is -0.305 e. The molecule has 0 amide bonds. The Bertz CT molecular complexity index is 557. The summed E-state index contributed by atoms with van der Waals surface area (Å²) in [6.07, 6.45) is 1.04. The molecule has 0 spiro atoms. The van der Waals surface area contributed by atoms with Gasteiger partial charge in [-0.2, -0.15) is 0 Å². The molecule has 0 fully saturated rings. The Morgan fingerprint density at radius 3 is 2.79 bits per heavy atom. The number of nitrogens with zero attached hydrogens (tertiary/aromatic N) is 2. The molecule has 0 saturated heterocycles. The minimum absolute atomic E-state index is 0.00819. The van der Waals surface area contributed by atoms with E-state index in [0.29, 0.717) is 10.0 Å². The topological polar surface area (TPSA) is 37.8 Å². The molecule has 0 aliphatic carbocycles. The normalized spacial score (nSPS) is 12.6. The molecule has 102 valence electrons. The van der Waals surface area contributed by atoms with E-state index in [-0.39, 0.29) is 6.04 Å². The largest absolute Gasteiger partial charge is 0.305 e. The SMILES string of the molecule is CCCNC(c1cc(Cl)ccc1Cl)c1snnc1C. The molecule has 3 nitrogen and oxygen atoms in total. The van der Waals surface area contributed by atoms with Gasteiger partial charge in [0, 0.05) is 10.0 Å². The molecule has 1 atom stereocenters. The van der Waals surface area contributed by atoms with Crippen LogP contribution >= 0.6 is 34.7 Å². The van der Waals surface area contributed by atoms with Gasteiger partial charge in [-0.15, -0.1) is 5.10 Å². The Morgan fingerprint density at radius 1 is 1.37 bits per heavy atom. The highest BCUT2D eigenvalue weighted by atomic mass is 35.5. The van der Waals surface area contributed by atoms with Crippen molar-refractivity contribution < 1.29 is 0 Å². The molecule has 1 aromatic carbocycles. The standard InChI is InChI=1S/C13H15Cl2N3S/c1-3-6-16-12(13-8(2)17-18-19-13)10-7-9(14)4-5-11(10)15/h4-5,7,12,16H,3,6H2,1-2H3. The third-order valence-electron chi connectivity index (χ3n) is 2.82. The predicted octanol–water partition coefficient (Wildman–Crippen LogP) is 4.24. The monoisotopic (exact) mass is 315 g/mol. The maximum absolute atomic E-state index is 6.30. The van der Waals surface area contributed by atoms with E-state index in [4.69, 9.17) is 23.2 Å². The van der Waals surface area contributed by atoms with Crippen LogP contribution in [0.5, 0.6) is 0 Å². The maximum Gasteiger partial charge on any atom is 0.0776 e. The van der Waals surface area contributed by atoms with E-state index in [9.17, 15) is 0 Å². The summed E-state index contributed by atoms with van der Waals surface area (Å²) in [6.45, 7) is 4.98. The van der Waals surface area contributed by atoms with Crippen LogP contribution in [0.4, 0.5) is 0 Å². The second-order valence-corrected chi connectivity index (χ2v) is 5.90. The molecule has 1 heterocycles. The third kappa shape index (κ3) is 3.45. The van der Waals surface area contributed by atoms with Gasteiger partial charge in [0.1, 0.15) is 0 Å². The lowest BCUT2D eigenvalue weighted by atomic mass is 10.0. The van der Waals surface area contributed by atoms with Gasteiger partial charge in [-0.05, 0) is 55.2 Å². The zero-order chi connectivity index (χ0) is 13.8. The number of hydrogen-bond donors (Lipinski definition) is 1. The third-order valence-corrected chi connectivity index (χ3v) is 4.29. The van der Waals surface area contributed by atoms with Crippen LogP contribution in [0.3, 0.4) is 0 Å². The summed E-state index contributed by atoms with van der Waals surface area (Å²) in [4.78, 5) is 1.08. The van der Waals surface area contributed by atoms with Crippen molar-refractivity contribution in [3.63, 3.8) is 0 Å². The van der Waals surface area contributed by atoms with Crippen LogP contribution in [-0.2, 0) is 0 Å². The number of rotatable bonds is 5. The van der Waals surface area contributed by atoms with Gasteiger partial charge in [0.25, 0.3) is 0 Å². The summed E-state index contributed by atoms with van der Waals surface area (Å²) in [5, 5.41) is 8.94. The van der Waals surface area contributed by atoms with Gasteiger partial charge in [0.05, 0.1) is 16.6 Å². The maximum atomic E-state index is 6.30. The van der Waals surface area contributed by atoms with Gasteiger partial charge in [-0.1, -0.05) is 34.6 Å². The van der Waals surface area contributed by atoms with E-state index < -0.39 is 0 Å². The number of nitrogens with one attached hydrogen (secondary N) is 1. The van der Waals surface area contributed by atoms with Crippen LogP contribution in [0.25, 0.3) is 0 Å². The molecule has 6 heteroatoms. The van der Waals surface area contributed by atoms with E-state index in [2.05, 4.69) is 21.8 Å².